The molecule has 0 fully saturated rings. The number of rotatable bonds is 1. The van der Waals surface area contributed by atoms with Gasteiger partial charge in [0.15, 0.2) is 0 Å². The van der Waals surface area contributed by atoms with Crippen molar-refractivity contribution in [2.45, 2.75) is 13.8 Å². The summed E-state index contributed by atoms with van der Waals surface area (Å²) in [6.07, 6.45) is 1.79. The maximum atomic E-state index is 4.17. The molecule has 11 heavy (non-hydrogen) atoms. The maximum absolute atomic E-state index is 4.17. The first kappa shape index (κ1) is 7.92. The van der Waals surface area contributed by atoms with Gasteiger partial charge in [0.1, 0.15) is 0 Å². The molecule has 0 N–H and O–H groups in total. The molecule has 0 aromatic carbocycles. The summed E-state index contributed by atoms with van der Waals surface area (Å²) in [5.41, 5.74) is 3.21. The summed E-state index contributed by atoms with van der Waals surface area (Å²) in [6.45, 7) is 3.98. The van der Waals surface area contributed by atoms with Gasteiger partial charge in [-0.3, -0.25) is 9.98 Å². The molecule has 1 aromatic rings. The highest BCUT2D eigenvalue weighted by atomic mass is 14.7. The number of hydrogen-bond acceptors (Lipinski definition) is 2. The Morgan fingerprint density at radius 2 is 2.27 bits per heavy atom. The summed E-state index contributed by atoms with van der Waals surface area (Å²) in [5, 5.41) is 0. The average molecular weight is 148 g/mol. The zero-order chi connectivity index (χ0) is 8.27. The fraction of sp³-hybridized carbons (Fsp3) is 0.333. The largest absolute Gasteiger partial charge is 0.293 e. The first-order valence-electron chi connectivity index (χ1n) is 3.61. The Morgan fingerprint density at radius 3 is 2.82 bits per heavy atom. The van der Waals surface area contributed by atoms with Crippen LogP contribution in [0.3, 0.4) is 0 Å². The second-order valence-corrected chi connectivity index (χ2v) is 2.45. The molecule has 0 aliphatic rings. The molecule has 1 heterocycles. The summed E-state index contributed by atoms with van der Waals surface area (Å²) in [5.74, 6) is 0. The highest BCUT2D eigenvalue weighted by molar-refractivity contribution is 5.99. The predicted octanol–water partition coefficient (Wildman–Crippen LogP) is 1.83. The Balaban J connectivity index is 3.14. The van der Waals surface area contributed by atoms with Crippen molar-refractivity contribution in [1.29, 1.82) is 0 Å². The topological polar surface area (TPSA) is 25.2 Å². The number of aryl methyl sites for hydroxylation is 1. The standard InChI is InChI=1S/C9H12N2/c1-7(10-3)9-5-4-6-11-8(9)2/h4-6H,1-3H3. The molecule has 0 radical (unpaired) electrons. The van der Waals surface area contributed by atoms with Crippen LogP contribution in [0.4, 0.5) is 0 Å². The van der Waals surface area contributed by atoms with Crippen LogP contribution in [0.1, 0.15) is 18.2 Å². The highest BCUT2D eigenvalue weighted by Gasteiger charge is 1.98. The van der Waals surface area contributed by atoms with E-state index < -0.39 is 0 Å². The lowest BCUT2D eigenvalue weighted by Crippen LogP contribution is -1.98. The van der Waals surface area contributed by atoms with Crippen molar-refractivity contribution >= 4 is 5.71 Å². The van der Waals surface area contributed by atoms with Gasteiger partial charge >= 0.3 is 0 Å². The fourth-order valence-electron chi connectivity index (χ4n) is 0.987. The molecule has 2 nitrogen and oxygen atoms in total. The Hall–Kier alpha value is -1.18. The minimum absolute atomic E-state index is 1.04. The Labute approximate surface area is 67.0 Å². The van der Waals surface area contributed by atoms with Crippen LogP contribution in [-0.2, 0) is 0 Å². The first-order chi connectivity index (χ1) is 5.25. The van der Waals surface area contributed by atoms with E-state index in [-0.39, 0.29) is 0 Å². The molecule has 0 atom stereocenters. The van der Waals surface area contributed by atoms with E-state index in [0.29, 0.717) is 0 Å². The molecule has 0 spiro atoms. The van der Waals surface area contributed by atoms with Gasteiger partial charge in [0.05, 0.1) is 0 Å². The summed E-state index contributed by atoms with van der Waals surface area (Å²) in [7, 11) is 1.79. The van der Waals surface area contributed by atoms with Crippen molar-refractivity contribution in [3.63, 3.8) is 0 Å². The van der Waals surface area contributed by atoms with Crippen LogP contribution in [0.15, 0.2) is 23.3 Å². The molecule has 0 aliphatic heterocycles. The Morgan fingerprint density at radius 1 is 1.55 bits per heavy atom. The van der Waals surface area contributed by atoms with Gasteiger partial charge in [0.2, 0.25) is 0 Å². The SMILES string of the molecule is CN=C(C)c1cccnc1C. The maximum Gasteiger partial charge on any atom is 0.0462 e. The van der Waals surface area contributed by atoms with Crippen LogP contribution in [0.25, 0.3) is 0 Å². The van der Waals surface area contributed by atoms with Gasteiger partial charge in [-0.2, -0.15) is 0 Å². The molecular formula is C9H12N2. The number of hydrogen-bond donors (Lipinski definition) is 0. The predicted molar refractivity (Wildman–Crippen MR) is 47.1 cm³/mol. The lowest BCUT2D eigenvalue weighted by atomic mass is 10.1. The van der Waals surface area contributed by atoms with Gasteiger partial charge in [0.25, 0.3) is 0 Å². The average Bonchev–Trinajstić information content (AvgIpc) is 2.04. The van der Waals surface area contributed by atoms with E-state index in [4.69, 9.17) is 0 Å². The van der Waals surface area contributed by atoms with Gasteiger partial charge in [-0.1, -0.05) is 0 Å². The Kier molecular flexibility index (Phi) is 2.36. The van der Waals surface area contributed by atoms with Crippen LogP contribution in [0.5, 0.6) is 0 Å². The van der Waals surface area contributed by atoms with Crippen molar-refractivity contribution in [3.05, 3.63) is 29.6 Å². The van der Waals surface area contributed by atoms with E-state index >= 15 is 0 Å². The minimum atomic E-state index is 1.04. The highest BCUT2D eigenvalue weighted by Crippen LogP contribution is 2.04. The molecule has 0 amide bonds. The van der Waals surface area contributed by atoms with Gasteiger partial charge in [-0.25, -0.2) is 0 Å². The monoisotopic (exact) mass is 148 g/mol. The van der Waals surface area contributed by atoms with Gasteiger partial charge in [-0.05, 0) is 26.0 Å². The number of aliphatic imine (C=N–C) groups is 1. The summed E-state index contributed by atoms with van der Waals surface area (Å²) >= 11 is 0. The molecule has 0 bridgehead atoms. The van der Waals surface area contributed by atoms with E-state index in [9.17, 15) is 0 Å². The van der Waals surface area contributed by atoms with E-state index in [1.807, 2.05) is 26.0 Å². The van der Waals surface area contributed by atoms with E-state index in [1.54, 1.807) is 13.2 Å². The Bertz CT molecular complexity index is 277. The van der Waals surface area contributed by atoms with Crippen molar-refractivity contribution in [2.75, 3.05) is 7.05 Å². The zero-order valence-corrected chi connectivity index (χ0v) is 7.13. The molecule has 1 aromatic heterocycles. The van der Waals surface area contributed by atoms with E-state index in [1.165, 1.54) is 0 Å². The third-order valence-corrected chi connectivity index (χ3v) is 1.73. The molecule has 0 unspecified atom stereocenters. The normalized spacial score (nSPS) is 11.7. The first-order valence-corrected chi connectivity index (χ1v) is 3.61. The smallest absolute Gasteiger partial charge is 0.0462 e. The van der Waals surface area contributed by atoms with Gasteiger partial charge < -0.3 is 0 Å². The molecule has 0 saturated carbocycles. The van der Waals surface area contributed by atoms with E-state index in [2.05, 4.69) is 9.98 Å². The van der Waals surface area contributed by atoms with Crippen molar-refractivity contribution in [1.82, 2.24) is 4.98 Å². The minimum Gasteiger partial charge on any atom is -0.293 e. The second-order valence-electron chi connectivity index (χ2n) is 2.45. The lowest BCUT2D eigenvalue weighted by molar-refractivity contribution is 1.18. The number of aromatic nitrogens is 1. The zero-order valence-electron chi connectivity index (χ0n) is 7.13. The third kappa shape index (κ3) is 1.64. The number of nitrogens with zero attached hydrogens (tertiary/aromatic N) is 2. The third-order valence-electron chi connectivity index (χ3n) is 1.73. The molecule has 58 valence electrons. The van der Waals surface area contributed by atoms with Crippen molar-refractivity contribution in [3.8, 4) is 0 Å². The second kappa shape index (κ2) is 3.28. The van der Waals surface area contributed by atoms with Crippen LogP contribution < -0.4 is 0 Å². The molecule has 0 saturated heterocycles. The molecular weight excluding hydrogens is 136 g/mol. The van der Waals surface area contributed by atoms with Crippen LogP contribution in [-0.4, -0.2) is 17.7 Å². The fourth-order valence-corrected chi connectivity index (χ4v) is 0.987. The van der Waals surface area contributed by atoms with Crippen molar-refractivity contribution in [2.24, 2.45) is 4.99 Å². The molecule has 1 rings (SSSR count). The van der Waals surface area contributed by atoms with Crippen molar-refractivity contribution < 1.29 is 0 Å². The van der Waals surface area contributed by atoms with Gasteiger partial charge in [0, 0.05) is 30.2 Å². The summed E-state index contributed by atoms with van der Waals surface area (Å²) in [4.78, 5) is 8.26. The molecule has 0 aliphatic carbocycles. The van der Waals surface area contributed by atoms with E-state index in [0.717, 1.165) is 17.0 Å². The van der Waals surface area contributed by atoms with Crippen LogP contribution in [0, 0.1) is 6.92 Å². The number of pyridine rings is 1. The molecule has 2 heteroatoms. The lowest BCUT2D eigenvalue weighted by Gasteiger charge is -2.01. The summed E-state index contributed by atoms with van der Waals surface area (Å²) < 4.78 is 0. The summed E-state index contributed by atoms with van der Waals surface area (Å²) in [6, 6.07) is 3.96. The van der Waals surface area contributed by atoms with Crippen LogP contribution >= 0.6 is 0 Å². The van der Waals surface area contributed by atoms with Gasteiger partial charge in [-0.15, -0.1) is 0 Å². The quantitative estimate of drug-likeness (QED) is 0.558. The van der Waals surface area contributed by atoms with Crippen LogP contribution in [0.2, 0.25) is 0 Å².